The summed E-state index contributed by atoms with van der Waals surface area (Å²) in [5, 5.41) is 0. The lowest BCUT2D eigenvalue weighted by Gasteiger charge is -2.40. The zero-order valence-corrected chi connectivity index (χ0v) is 10.3. The summed E-state index contributed by atoms with van der Waals surface area (Å²) in [4.78, 5) is 24.5. The van der Waals surface area contributed by atoms with Gasteiger partial charge in [-0.15, -0.1) is 0 Å². The lowest BCUT2D eigenvalue weighted by Crippen LogP contribution is -2.54. The molecule has 0 spiro atoms. The predicted octanol–water partition coefficient (Wildman–Crippen LogP) is 0.718. The van der Waals surface area contributed by atoms with Crippen molar-refractivity contribution in [3.05, 3.63) is 0 Å². The Morgan fingerprint density at radius 1 is 1.06 bits per heavy atom. The second-order valence-electron chi connectivity index (χ2n) is 4.76. The number of carbonyl (C=O) groups is 2. The van der Waals surface area contributed by atoms with Crippen LogP contribution in [0.1, 0.15) is 33.1 Å². The Kier molecular flexibility index (Phi) is 3.66. The highest BCUT2D eigenvalue weighted by atomic mass is 16.6. The van der Waals surface area contributed by atoms with Gasteiger partial charge in [-0.3, -0.25) is 14.5 Å². The van der Waals surface area contributed by atoms with Gasteiger partial charge < -0.3 is 9.47 Å². The van der Waals surface area contributed by atoms with Crippen LogP contribution in [0.25, 0.3) is 0 Å². The van der Waals surface area contributed by atoms with E-state index >= 15 is 0 Å². The minimum Gasteiger partial charge on any atom is -0.458 e. The van der Waals surface area contributed by atoms with Gasteiger partial charge >= 0.3 is 11.9 Å². The highest BCUT2D eigenvalue weighted by molar-refractivity contribution is 5.67. The molecule has 2 fully saturated rings. The van der Waals surface area contributed by atoms with Crippen molar-refractivity contribution in [2.75, 3.05) is 13.1 Å². The predicted molar refractivity (Wildman–Crippen MR) is 60.3 cm³/mol. The summed E-state index contributed by atoms with van der Waals surface area (Å²) in [7, 11) is 0. The van der Waals surface area contributed by atoms with Crippen molar-refractivity contribution < 1.29 is 19.1 Å². The molecule has 5 heteroatoms. The fraction of sp³-hybridized carbons (Fsp3) is 0.833. The summed E-state index contributed by atoms with van der Waals surface area (Å²) < 4.78 is 10.6. The first kappa shape index (κ1) is 12.4. The lowest BCUT2D eigenvalue weighted by molar-refractivity contribution is -0.176. The summed E-state index contributed by atoms with van der Waals surface area (Å²) in [6.07, 6.45) is 2.29. The monoisotopic (exact) mass is 241 g/mol. The van der Waals surface area contributed by atoms with Crippen LogP contribution in [0, 0.1) is 0 Å². The molecule has 0 bridgehead atoms. The van der Waals surface area contributed by atoms with Gasteiger partial charge in [0.15, 0.2) is 6.10 Å². The van der Waals surface area contributed by atoms with E-state index in [1.54, 1.807) is 0 Å². The summed E-state index contributed by atoms with van der Waals surface area (Å²) in [6.45, 7) is 4.76. The number of piperidine rings is 1. The van der Waals surface area contributed by atoms with Crippen molar-refractivity contribution in [1.82, 2.24) is 4.90 Å². The van der Waals surface area contributed by atoms with Gasteiger partial charge in [-0.25, -0.2) is 0 Å². The fourth-order valence-electron chi connectivity index (χ4n) is 2.89. The molecule has 0 aromatic rings. The molecule has 2 rings (SSSR count). The van der Waals surface area contributed by atoms with Gasteiger partial charge in [0.2, 0.25) is 0 Å². The van der Waals surface area contributed by atoms with E-state index in [2.05, 4.69) is 4.90 Å². The van der Waals surface area contributed by atoms with Gasteiger partial charge in [0.1, 0.15) is 6.10 Å². The number of ether oxygens (including phenoxy) is 2. The smallest absolute Gasteiger partial charge is 0.303 e. The molecular formula is C12H19NO4. The van der Waals surface area contributed by atoms with E-state index in [-0.39, 0.29) is 30.2 Å². The Balaban J connectivity index is 2.09. The molecule has 17 heavy (non-hydrogen) atoms. The molecule has 0 aromatic carbocycles. The number of esters is 2. The quantitative estimate of drug-likeness (QED) is 0.667. The molecule has 0 saturated carbocycles. The molecule has 0 radical (unpaired) electrons. The Hall–Kier alpha value is -1.10. The summed E-state index contributed by atoms with van der Waals surface area (Å²) in [6, 6.07) is 0.219. The fourth-order valence-corrected chi connectivity index (χ4v) is 2.89. The maximum atomic E-state index is 11.2. The van der Waals surface area contributed by atoms with E-state index in [4.69, 9.17) is 9.47 Å². The Morgan fingerprint density at radius 3 is 2.41 bits per heavy atom. The number of nitrogens with zero attached hydrogens (tertiary/aromatic N) is 1. The van der Waals surface area contributed by atoms with Gasteiger partial charge in [-0.1, -0.05) is 0 Å². The summed E-state index contributed by atoms with van der Waals surface area (Å²) >= 11 is 0. The molecule has 0 amide bonds. The number of fused-ring (bicyclic) bond motifs is 1. The number of rotatable bonds is 2. The van der Waals surface area contributed by atoms with E-state index in [9.17, 15) is 9.59 Å². The van der Waals surface area contributed by atoms with Crippen LogP contribution in [0.2, 0.25) is 0 Å². The minimum atomic E-state index is -0.307. The molecule has 2 saturated heterocycles. The Bertz CT molecular complexity index is 318. The van der Waals surface area contributed by atoms with E-state index < -0.39 is 0 Å². The standard InChI is InChI=1S/C12H19NO4/c1-8(14)16-11-5-7-13-6-3-4-10(13)12(11)17-9(2)15/h10-12H,3-7H2,1-2H3/t10-,11-,12+/m1/s1. The van der Waals surface area contributed by atoms with Crippen molar-refractivity contribution in [2.45, 2.75) is 51.4 Å². The summed E-state index contributed by atoms with van der Waals surface area (Å²) in [5.74, 6) is -0.612. The molecule has 5 nitrogen and oxygen atoms in total. The van der Waals surface area contributed by atoms with Crippen molar-refractivity contribution in [1.29, 1.82) is 0 Å². The van der Waals surface area contributed by atoms with Gasteiger partial charge in [-0.2, -0.15) is 0 Å². The maximum Gasteiger partial charge on any atom is 0.303 e. The van der Waals surface area contributed by atoms with Crippen LogP contribution in [0.4, 0.5) is 0 Å². The van der Waals surface area contributed by atoms with Crippen molar-refractivity contribution in [3.8, 4) is 0 Å². The van der Waals surface area contributed by atoms with Crippen LogP contribution in [0.15, 0.2) is 0 Å². The first-order valence-electron chi connectivity index (χ1n) is 6.16. The topological polar surface area (TPSA) is 55.8 Å². The number of hydrogen-bond donors (Lipinski definition) is 0. The van der Waals surface area contributed by atoms with Crippen LogP contribution < -0.4 is 0 Å². The molecule has 3 atom stereocenters. The van der Waals surface area contributed by atoms with Gasteiger partial charge in [0.25, 0.3) is 0 Å². The van der Waals surface area contributed by atoms with E-state index in [1.165, 1.54) is 13.8 Å². The van der Waals surface area contributed by atoms with Crippen molar-refractivity contribution >= 4 is 11.9 Å². The second kappa shape index (κ2) is 5.04. The molecule has 2 heterocycles. The van der Waals surface area contributed by atoms with E-state index in [0.717, 1.165) is 32.4 Å². The highest BCUT2D eigenvalue weighted by Crippen LogP contribution is 2.31. The third kappa shape index (κ3) is 2.77. The number of carbonyl (C=O) groups excluding carboxylic acids is 2. The van der Waals surface area contributed by atoms with E-state index in [1.807, 2.05) is 0 Å². The lowest BCUT2D eigenvalue weighted by atomic mass is 9.96. The van der Waals surface area contributed by atoms with Gasteiger partial charge in [0.05, 0.1) is 6.04 Å². The molecule has 2 aliphatic rings. The zero-order valence-electron chi connectivity index (χ0n) is 10.3. The largest absolute Gasteiger partial charge is 0.458 e. The van der Waals surface area contributed by atoms with Crippen LogP contribution in [-0.2, 0) is 19.1 Å². The Labute approximate surface area is 101 Å². The average molecular weight is 241 g/mol. The van der Waals surface area contributed by atoms with Crippen LogP contribution in [0.5, 0.6) is 0 Å². The summed E-state index contributed by atoms with van der Waals surface area (Å²) in [5.41, 5.74) is 0. The molecule has 0 aromatic heterocycles. The molecule has 96 valence electrons. The number of hydrogen-bond acceptors (Lipinski definition) is 5. The minimum absolute atomic E-state index is 0.219. The second-order valence-corrected chi connectivity index (χ2v) is 4.76. The average Bonchev–Trinajstić information content (AvgIpc) is 2.68. The molecule has 0 aliphatic carbocycles. The Morgan fingerprint density at radius 2 is 1.76 bits per heavy atom. The van der Waals surface area contributed by atoms with Crippen LogP contribution in [-0.4, -0.2) is 48.2 Å². The molecule has 0 N–H and O–H groups in total. The van der Waals surface area contributed by atoms with Crippen LogP contribution in [0.3, 0.4) is 0 Å². The van der Waals surface area contributed by atoms with E-state index in [0.29, 0.717) is 0 Å². The highest BCUT2D eigenvalue weighted by Gasteiger charge is 2.43. The third-order valence-corrected chi connectivity index (χ3v) is 3.48. The third-order valence-electron chi connectivity index (χ3n) is 3.48. The first-order valence-corrected chi connectivity index (χ1v) is 6.16. The molecule has 2 aliphatic heterocycles. The molecular weight excluding hydrogens is 222 g/mol. The SMILES string of the molecule is CC(=O)O[C@H]1[C@H]2CCCN2CC[C@H]1OC(C)=O. The normalized spacial score (nSPS) is 32.9. The van der Waals surface area contributed by atoms with Gasteiger partial charge in [0, 0.05) is 26.8 Å². The van der Waals surface area contributed by atoms with Crippen molar-refractivity contribution in [2.24, 2.45) is 0 Å². The molecule has 0 unspecified atom stereocenters. The zero-order chi connectivity index (χ0) is 12.4. The van der Waals surface area contributed by atoms with Crippen LogP contribution >= 0.6 is 0 Å². The first-order chi connectivity index (χ1) is 8.08. The maximum absolute atomic E-state index is 11.2. The van der Waals surface area contributed by atoms with Crippen molar-refractivity contribution in [3.63, 3.8) is 0 Å². The van der Waals surface area contributed by atoms with Gasteiger partial charge in [-0.05, 0) is 19.4 Å².